The van der Waals surface area contributed by atoms with Crippen molar-refractivity contribution in [1.29, 1.82) is 0 Å². The van der Waals surface area contributed by atoms with Crippen LogP contribution in [0.25, 0.3) is 0 Å². The first-order valence-corrected chi connectivity index (χ1v) is 22.6. The van der Waals surface area contributed by atoms with Gasteiger partial charge in [-0.1, -0.05) is 25.7 Å². The summed E-state index contributed by atoms with van der Waals surface area (Å²) < 4.78 is 18.5. The van der Waals surface area contributed by atoms with E-state index in [9.17, 15) is 24.0 Å². The Morgan fingerprint density at radius 1 is 0.424 bits per heavy atom. The number of nitrogens with one attached hydrogen (secondary N) is 5. The quantitative estimate of drug-likeness (QED) is 0.0327. The fourth-order valence-electron chi connectivity index (χ4n) is 6.05. The van der Waals surface area contributed by atoms with Crippen LogP contribution in [0.5, 0.6) is 0 Å². The predicted octanol–water partition coefficient (Wildman–Crippen LogP) is 2.98. The minimum Gasteiger partial charge on any atom is -0.396 e. The second-order valence-electron chi connectivity index (χ2n) is 15.3. The molecule has 16 nitrogen and oxygen atoms in total. The Bertz CT molecular complexity index is 985. The summed E-state index contributed by atoms with van der Waals surface area (Å²) in [4.78, 5) is 59.6. The zero-order valence-electron chi connectivity index (χ0n) is 36.3. The standard InChI is InChI=1S/C43H83N5O11/c49-29-12-5-6-23-42(56)48-43(36-57-33-16-3-1-10-26-45-39(53)20-7-13-30-50,37-58-34-17-4-2-11-27-46-40(54)21-8-14-31-51)38-59-35-19-25-44-24-18-28-47-41(55)22-9-15-32-52/h29,44,50-52H,1-28,30-38H2,(H,45,53)(H,46,54)(H,47,55)(H,48,56). The van der Waals surface area contributed by atoms with E-state index in [0.717, 1.165) is 83.6 Å². The van der Waals surface area contributed by atoms with Gasteiger partial charge in [-0.15, -0.1) is 0 Å². The molecule has 0 aliphatic rings. The summed E-state index contributed by atoms with van der Waals surface area (Å²) in [5.41, 5.74) is -0.912. The maximum absolute atomic E-state index is 13.2. The number of amides is 4. The highest BCUT2D eigenvalue weighted by Gasteiger charge is 2.33. The highest BCUT2D eigenvalue weighted by Crippen LogP contribution is 2.13. The number of rotatable bonds is 46. The molecule has 0 radical (unpaired) electrons. The Kier molecular flexibility index (Phi) is 41.4. The molecule has 59 heavy (non-hydrogen) atoms. The lowest BCUT2D eigenvalue weighted by Crippen LogP contribution is -2.58. The van der Waals surface area contributed by atoms with Crippen LogP contribution in [0.3, 0.4) is 0 Å². The van der Waals surface area contributed by atoms with Crippen molar-refractivity contribution in [2.24, 2.45) is 0 Å². The Morgan fingerprint density at radius 3 is 1.27 bits per heavy atom. The molecule has 0 aromatic rings. The molecule has 0 rings (SSSR count). The lowest BCUT2D eigenvalue weighted by molar-refractivity contribution is -0.128. The molecule has 0 heterocycles. The van der Waals surface area contributed by atoms with Gasteiger partial charge in [0.1, 0.15) is 11.8 Å². The number of aldehydes is 1. The molecule has 0 fully saturated rings. The maximum atomic E-state index is 13.2. The van der Waals surface area contributed by atoms with Crippen molar-refractivity contribution in [2.75, 3.05) is 92.2 Å². The molecule has 0 unspecified atom stereocenters. The number of hydrogen-bond acceptors (Lipinski definition) is 12. The molecule has 4 amide bonds. The predicted molar refractivity (Wildman–Crippen MR) is 229 cm³/mol. The molecule has 8 N–H and O–H groups in total. The van der Waals surface area contributed by atoms with Gasteiger partial charge in [-0.2, -0.15) is 0 Å². The third-order valence-electron chi connectivity index (χ3n) is 9.52. The van der Waals surface area contributed by atoms with Gasteiger partial charge in [0.25, 0.3) is 0 Å². The Morgan fingerprint density at radius 2 is 0.814 bits per heavy atom. The van der Waals surface area contributed by atoms with Crippen LogP contribution >= 0.6 is 0 Å². The average Bonchev–Trinajstić information content (AvgIpc) is 3.22. The monoisotopic (exact) mass is 846 g/mol. The molecule has 346 valence electrons. The van der Waals surface area contributed by atoms with E-state index in [2.05, 4.69) is 26.6 Å². The zero-order chi connectivity index (χ0) is 43.3. The van der Waals surface area contributed by atoms with Crippen LogP contribution < -0.4 is 26.6 Å². The van der Waals surface area contributed by atoms with E-state index in [-0.39, 0.29) is 69.7 Å². The van der Waals surface area contributed by atoms with Crippen LogP contribution in [-0.4, -0.2) is 143 Å². The van der Waals surface area contributed by atoms with Crippen molar-refractivity contribution in [1.82, 2.24) is 26.6 Å². The van der Waals surface area contributed by atoms with Crippen LogP contribution in [-0.2, 0) is 38.2 Å². The summed E-state index contributed by atoms with van der Waals surface area (Å²) in [5.74, 6) is -0.114. The Labute approximate surface area is 354 Å². The number of ether oxygens (including phenoxy) is 3. The molecule has 0 atom stereocenters. The van der Waals surface area contributed by atoms with E-state index in [1.807, 2.05) is 0 Å². The fraction of sp³-hybridized carbons (Fsp3) is 0.884. The van der Waals surface area contributed by atoms with Gasteiger partial charge in [0.05, 0.1) is 19.8 Å². The molecule has 0 aromatic heterocycles. The molecular formula is C43H83N5O11. The minimum atomic E-state index is -0.912. The summed E-state index contributed by atoms with van der Waals surface area (Å²) >= 11 is 0. The van der Waals surface area contributed by atoms with Crippen LogP contribution in [0.4, 0.5) is 0 Å². The van der Waals surface area contributed by atoms with Gasteiger partial charge in [0.15, 0.2) is 0 Å². The van der Waals surface area contributed by atoms with Crippen LogP contribution in [0, 0.1) is 0 Å². The van der Waals surface area contributed by atoms with Gasteiger partial charge >= 0.3 is 0 Å². The molecule has 0 aromatic carbocycles. The highest BCUT2D eigenvalue weighted by atomic mass is 16.5. The normalized spacial score (nSPS) is 11.4. The van der Waals surface area contributed by atoms with Crippen molar-refractivity contribution >= 4 is 29.9 Å². The van der Waals surface area contributed by atoms with Crippen molar-refractivity contribution in [3.05, 3.63) is 0 Å². The van der Waals surface area contributed by atoms with Crippen molar-refractivity contribution in [3.8, 4) is 0 Å². The number of aliphatic hydroxyl groups excluding tert-OH is 3. The second-order valence-corrected chi connectivity index (χ2v) is 15.3. The van der Waals surface area contributed by atoms with Crippen molar-refractivity contribution in [2.45, 2.75) is 153 Å². The molecule has 0 spiro atoms. The topological polar surface area (TPSA) is 234 Å². The Balaban J connectivity index is 5.03. The molecule has 16 heteroatoms. The number of hydrogen-bond donors (Lipinski definition) is 8. The number of aliphatic hydroxyl groups is 3. The van der Waals surface area contributed by atoms with E-state index < -0.39 is 5.54 Å². The van der Waals surface area contributed by atoms with Crippen LogP contribution in [0.15, 0.2) is 0 Å². The minimum absolute atomic E-state index is 0.00434. The van der Waals surface area contributed by atoms with Gasteiger partial charge in [-0.25, -0.2) is 0 Å². The van der Waals surface area contributed by atoms with Gasteiger partial charge in [-0.05, 0) is 103 Å². The number of carbonyl (C=O) groups excluding carboxylic acids is 5. The molecule has 0 bridgehead atoms. The summed E-state index contributed by atoms with van der Waals surface area (Å²) in [5, 5.41) is 41.9. The highest BCUT2D eigenvalue weighted by molar-refractivity contribution is 5.77. The first-order chi connectivity index (χ1) is 28.8. The summed E-state index contributed by atoms with van der Waals surface area (Å²) in [7, 11) is 0. The summed E-state index contributed by atoms with van der Waals surface area (Å²) in [6.07, 6.45) is 16.7. The molecular weight excluding hydrogens is 762 g/mol. The molecule has 0 saturated carbocycles. The SMILES string of the molecule is O=CCCCCC(=O)NC(COCCCCCCNC(=O)CCCCO)(COCCCCCCNC(=O)CCCCO)COCCCNCCCNC(=O)CCCCO. The fourth-order valence-corrected chi connectivity index (χ4v) is 6.05. The van der Waals surface area contributed by atoms with Gasteiger partial charge in [0, 0.05) is 91.4 Å². The molecule has 0 saturated heterocycles. The largest absolute Gasteiger partial charge is 0.396 e. The van der Waals surface area contributed by atoms with E-state index in [0.29, 0.717) is 117 Å². The van der Waals surface area contributed by atoms with E-state index in [4.69, 9.17) is 29.5 Å². The molecule has 0 aliphatic heterocycles. The van der Waals surface area contributed by atoms with E-state index >= 15 is 0 Å². The number of carbonyl (C=O) groups is 5. The third kappa shape index (κ3) is 39.2. The van der Waals surface area contributed by atoms with Crippen LogP contribution in [0.1, 0.15) is 148 Å². The summed E-state index contributed by atoms with van der Waals surface area (Å²) in [6.45, 7) is 5.68. The smallest absolute Gasteiger partial charge is 0.220 e. The maximum Gasteiger partial charge on any atom is 0.220 e. The average molecular weight is 846 g/mol. The summed E-state index contributed by atoms with van der Waals surface area (Å²) in [6, 6.07) is 0. The Hall–Kier alpha value is -2.73. The van der Waals surface area contributed by atoms with Crippen molar-refractivity contribution < 1.29 is 53.5 Å². The lowest BCUT2D eigenvalue weighted by atomic mass is 10.0. The van der Waals surface area contributed by atoms with Crippen molar-refractivity contribution in [3.63, 3.8) is 0 Å². The van der Waals surface area contributed by atoms with E-state index in [1.165, 1.54) is 0 Å². The van der Waals surface area contributed by atoms with Gasteiger partial charge < -0.3 is 60.9 Å². The zero-order valence-corrected chi connectivity index (χ0v) is 36.3. The van der Waals surface area contributed by atoms with Crippen LogP contribution in [0.2, 0.25) is 0 Å². The number of unbranched alkanes of at least 4 members (excludes halogenated alkanes) is 11. The van der Waals surface area contributed by atoms with Gasteiger partial charge in [-0.3, -0.25) is 19.2 Å². The first-order valence-electron chi connectivity index (χ1n) is 22.6. The third-order valence-corrected chi connectivity index (χ3v) is 9.52. The second kappa shape index (κ2) is 43.4. The van der Waals surface area contributed by atoms with Gasteiger partial charge in [0.2, 0.25) is 23.6 Å². The lowest BCUT2D eigenvalue weighted by Gasteiger charge is -2.34. The molecule has 0 aliphatic carbocycles. The van der Waals surface area contributed by atoms with E-state index in [1.54, 1.807) is 0 Å². The first kappa shape index (κ1) is 56.3.